The van der Waals surface area contributed by atoms with E-state index in [1.165, 1.54) is 0 Å². The number of rotatable bonds is 1. The number of nitrogens with zero attached hydrogens (tertiary/aromatic N) is 1. The second kappa shape index (κ2) is 4.53. The largest absolute Gasteiger partial charge is 0.492 e. The van der Waals surface area contributed by atoms with Crippen LogP contribution in [0, 0.1) is 0 Å². The molecule has 0 aromatic heterocycles. The molecule has 0 spiro atoms. The van der Waals surface area contributed by atoms with Crippen molar-refractivity contribution in [2.45, 2.75) is 25.3 Å². The molecule has 0 bridgehead atoms. The Labute approximate surface area is 113 Å². The van der Waals surface area contributed by atoms with Gasteiger partial charge in [0.2, 0.25) is 5.91 Å². The summed E-state index contributed by atoms with van der Waals surface area (Å²) in [4.78, 5) is 14.6. The van der Waals surface area contributed by atoms with Crippen molar-refractivity contribution in [1.29, 1.82) is 0 Å². The van der Waals surface area contributed by atoms with Gasteiger partial charge >= 0.3 is 0 Å². The molecule has 1 aromatic carbocycles. The number of piperazine rings is 1. The Morgan fingerprint density at radius 3 is 3.00 bits per heavy atom. The first kappa shape index (κ1) is 12.5. The van der Waals surface area contributed by atoms with Gasteiger partial charge in [0.1, 0.15) is 18.3 Å². The predicted molar refractivity (Wildman–Crippen MR) is 73.3 cm³/mol. The van der Waals surface area contributed by atoms with E-state index in [2.05, 4.69) is 19.2 Å². The van der Waals surface area contributed by atoms with Gasteiger partial charge in [0.25, 0.3) is 0 Å². The number of para-hydroxylation sites is 1. The van der Waals surface area contributed by atoms with Gasteiger partial charge in [-0.2, -0.15) is 0 Å². The zero-order valence-electron chi connectivity index (χ0n) is 11.5. The van der Waals surface area contributed by atoms with Crippen LogP contribution in [-0.4, -0.2) is 42.6 Å². The second-order valence-corrected chi connectivity index (χ2v) is 5.97. The van der Waals surface area contributed by atoms with E-state index in [1.807, 2.05) is 29.2 Å². The topological polar surface area (TPSA) is 41.6 Å². The quantitative estimate of drug-likeness (QED) is 0.829. The highest BCUT2D eigenvalue weighted by Gasteiger charge is 2.36. The summed E-state index contributed by atoms with van der Waals surface area (Å²) >= 11 is 0. The Balaban J connectivity index is 1.78. The smallest absolute Gasteiger partial charge is 0.233 e. The molecule has 1 atom stereocenters. The molecule has 1 saturated heterocycles. The molecule has 0 radical (unpaired) electrons. The number of fused-ring (bicyclic) bond motifs is 1. The number of amides is 1. The number of carbonyl (C=O) groups is 1. The number of hydrogen-bond acceptors (Lipinski definition) is 3. The number of carbonyl (C=O) groups excluding carboxylic acids is 1. The first-order chi connectivity index (χ1) is 9.07. The first-order valence-corrected chi connectivity index (χ1v) is 6.82. The Hall–Kier alpha value is -1.55. The monoisotopic (exact) mass is 260 g/mol. The Morgan fingerprint density at radius 1 is 1.42 bits per heavy atom. The normalized spacial score (nSPS) is 24.7. The summed E-state index contributed by atoms with van der Waals surface area (Å²) < 4.78 is 5.61. The van der Waals surface area contributed by atoms with Crippen LogP contribution in [0.1, 0.15) is 25.3 Å². The SMILES string of the molecule is CC1(C)CN(C(=O)C2COc3ccccc32)CCN1. The molecule has 2 aliphatic heterocycles. The Morgan fingerprint density at radius 2 is 2.21 bits per heavy atom. The third-order valence-corrected chi connectivity index (χ3v) is 3.88. The maximum absolute atomic E-state index is 12.7. The average Bonchev–Trinajstić information content (AvgIpc) is 2.80. The van der Waals surface area contributed by atoms with Crippen LogP contribution in [0.25, 0.3) is 0 Å². The highest BCUT2D eigenvalue weighted by Crippen LogP contribution is 2.34. The average molecular weight is 260 g/mol. The standard InChI is InChI=1S/C15H20N2O2/c1-15(2)10-17(8-7-16-15)14(18)12-9-19-13-6-4-3-5-11(12)13/h3-6,12,16H,7-10H2,1-2H3. The van der Waals surface area contributed by atoms with Crippen molar-refractivity contribution >= 4 is 5.91 Å². The van der Waals surface area contributed by atoms with Crippen LogP contribution in [0.5, 0.6) is 5.75 Å². The van der Waals surface area contributed by atoms with Crippen LogP contribution in [0.3, 0.4) is 0 Å². The Bertz CT molecular complexity index is 499. The van der Waals surface area contributed by atoms with Crippen molar-refractivity contribution in [1.82, 2.24) is 10.2 Å². The summed E-state index contributed by atoms with van der Waals surface area (Å²) in [6.07, 6.45) is 0. The molecule has 1 unspecified atom stereocenters. The molecule has 2 aliphatic rings. The minimum atomic E-state index is -0.134. The molecular weight excluding hydrogens is 240 g/mol. The molecule has 0 aliphatic carbocycles. The molecule has 1 fully saturated rings. The minimum absolute atomic E-state index is 0.00705. The van der Waals surface area contributed by atoms with Crippen molar-refractivity contribution in [2.24, 2.45) is 0 Å². The van der Waals surface area contributed by atoms with Gasteiger partial charge in [-0.3, -0.25) is 4.79 Å². The lowest BCUT2D eigenvalue weighted by Crippen LogP contribution is -2.59. The van der Waals surface area contributed by atoms with Gasteiger partial charge in [-0.15, -0.1) is 0 Å². The number of nitrogens with one attached hydrogen (secondary N) is 1. The molecule has 4 nitrogen and oxygen atoms in total. The van der Waals surface area contributed by atoms with E-state index in [0.29, 0.717) is 6.61 Å². The van der Waals surface area contributed by atoms with Gasteiger partial charge < -0.3 is 15.0 Å². The molecule has 1 aromatic rings. The maximum Gasteiger partial charge on any atom is 0.233 e. The van der Waals surface area contributed by atoms with Gasteiger partial charge in [-0.25, -0.2) is 0 Å². The fourth-order valence-electron chi connectivity index (χ4n) is 2.92. The summed E-state index contributed by atoms with van der Waals surface area (Å²) in [5, 5.41) is 3.43. The van der Waals surface area contributed by atoms with Gasteiger partial charge in [0.05, 0.1) is 0 Å². The molecule has 3 rings (SSSR count). The van der Waals surface area contributed by atoms with Crippen molar-refractivity contribution in [3.05, 3.63) is 29.8 Å². The third-order valence-electron chi connectivity index (χ3n) is 3.88. The molecule has 19 heavy (non-hydrogen) atoms. The van der Waals surface area contributed by atoms with E-state index < -0.39 is 0 Å². The zero-order chi connectivity index (χ0) is 13.5. The highest BCUT2D eigenvalue weighted by molar-refractivity contribution is 5.85. The number of benzene rings is 1. The van der Waals surface area contributed by atoms with Crippen LogP contribution in [0.15, 0.2) is 24.3 Å². The van der Waals surface area contributed by atoms with E-state index in [1.54, 1.807) is 0 Å². The fraction of sp³-hybridized carbons (Fsp3) is 0.533. The van der Waals surface area contributed by atoms with Crippen molar-refractivity contribution < 1.29 is 9.53 Å². The van der Waals surface area contributed by atoms with Gasteiger partial charge in [0, 0.05) is 30.7 Å². The number of hydrogen-bond donors (Lipinski definition) is 1. The van der Waals surface area contributed by atoms with Crippen LogP contribution >= 0.6 is 0 Å². The molecule has 1 amide bonds. The fourth-order valence-corrected chi connectivity index (χ4v) is 2.92. The molecular formula is C15H20N2O2. The third kappa shape index (κ3) is 2.32. The summed E-state index contributed by atoms with van der Waals surface area (Å²) in [7, 11) is 0. The lowest BCUT2D eigenvalue weighted by atomic mass is 9.96. The first-order valence-electron chi connectivity index (χ1n) is 6.82. The van der Waals surface area contributed by atoms with Crippen molar-refractivity contribution in [3.63, 3.8) is 0 Å². The number of ether oxygens (including phenoxy) is 1. The minimum Gasteiger partial charge on any atom is -0.492 e. The molecule has 1 N–H and O–H groups in total. The van der Waals surface area contributed by atoms with E-state index in [4.69, 9.17) is 4.74 Å². The molecule has 0 saturated carbocycles. The Kier molecular flexibility index (Phi) is 2.97. The van der Waals surface area contributed by atoms with Crippen LogP contribution in [-0.2, 0) is 4.79 Å². The predicted octanol–water partition coefficient (Wildman–Crippen LogP) is 1.37. The van der Waals surface area contributed by atoms with E-state index in [9.17, 15) is 4.79 Å². The summed E-state index contributed by atoms with van der Waals surface area (Å²) in [5.74, 6) is 0.917. The van der Waals surface area contributed by atoms with E-state index in [-0.39, 0.29) is 17.4 Å². The summed E-state index contributed by atoms with van der Waals surface area (Å²) in [6, 6.07) is 7.84. The summed E-state index contributed by atoms with van der Waals surface area (Å²) in [5.41, 5.74) is 1.02. The van der Waals surface area contributed by atoms with Crippen LogP contribution in [0.4, 0.5) is 0 Å². The van der Waals surface area contributed by atoms with E-state index >= 15 is 0 Å². The maximum atomic E-state index is 12.7. The van der Waals surface area contributed by atoms with Crippen molar-refractivity contribution in [2.75, 3.05) is 26.2 Å². The molecule has 2 heterocycles. The lowest BCUT2D eigenvalue weighted by Gasteiger charge is -2.40. The zero-order valence-corrected chi connectivity index (χ0v) is 11.5. The van der Waals surface area contributed by atoms with Gasteiger partial charge in [-0.05, 0) is 19.9 Å². The van der Waals surface area contributed by atoms with Crippen LogP contribution < -0.4 is 10.1 Å². The van der Waals surface area contributed by atoms with Crippen LogP contribution in [0.2, 0.25) is 0 Å². The highest BCUT2D eigenvalue weighted by atomic mass is 16.5. The van der Waals surface area contributed by atoms with E-state index in [0.717, 1.165) is 30.9 Å². The summed E-state index contributed by atoms with van der Waals surface area (Å²) in [6.45, 7) is 7.12. The molecule has 4 heteroatoms. The van der Waals surface area contributed by atoms with Crippen molar-refractivity contribution in [3.8, 4) is 5.75 Å². The van der Waals surface area contributed by atoms with Gasteiger partial charge in [0.15, 0.2) is 0 Å². The lowest BCUT2D eigenvalue weighted by molar-refractivity contribution is -0.135. The second-order valence-electron chi connectivity index (χ2n) is 5.97. The molecule has 102 valence electrons. The van der Waals surface area contributed by atoms with Gasteiger partial charge in [-0.1, -0.05) is 18.2 Å².